The first-order valence-corrected chi connectivity index (χ1v) is 9.20. The molecule has 1 heterocycles. The fourth-order valence-electron chi connectivity index (χ4n) is 3.09. The summed E-state index contributed by atoms with van der Waals surface area (Å²) in [6.07, 6.45) is -0.216. The third-order valence-electron chi connectivity index (χ3n) is 4.65. The number of aliphatic hydroxyl groups excluding tert-OH is 1. The van der Waals surface area contributed by atoms with Gasteiger partial charge in [-0.1, -0.05) is 12.1 Å². The number of likely N-dealkylation sites (tertiary alicyclic amines) is 1. The summed E-state index contributed by atoms with van der Waals surface area (Å²) in [4.78, 5) is 14.1. The number of amides is 1. The number of aliphatic hydroxyl groups is 1. The zero-order valence-electron chi connectivity index (χ0n) is 15.7. The molecule has 1 saturated heterocycles. The Morgan fingerprint density at radius 1 is 1.11 bits per heavy atom. The normalized spacial score (nSPS) is 19.6. The van der Waals surface area contributed by atoms with E-state index >= 15 is 0 Å². The first kappa shape index (κ1) is 19.9. The highest BCUT2D eigenvalue weighted by Crippen LogP contribution is 2.23. The Morgan fingerprint density at radius 2 is 1.82 bits per heavy atom. The van der Waals surface area contributed by atoms with Gasteiger partial charge in [-0.05, 0) is 30.7 Å². The number of hydrogen-bond acceptors (Lipinski definition) is 5. The van der Waals surface area contributed by atoms with E-state index in [4.69, 9.17) is 14.2 Å². The minimum atomic E-state index is -0.687. The van der Waals surface area contributed by atoms with Crippen molar-refractivity contribution in [3.8, 4) is 17.2 Å². The number of halogens is 1. The summed E-state index contributed by atoms with van der Waals surface area (Å²) in [6, 6.07) is 12.9. The maximum absolute atomic E-state index is 13.2. The minimum absolute atomic E-state index is 0.180. The number of carbonyl (C=O) groups excluding carboxylic acids is 1. The molecule has 1 aliphatic heterocycles. The SMILES string of the molecule is COc1cccc(O[C@H]2CCN(C(=O)COc3cccc(F)c3)CC[C@@H]2O)c1. The van der Waals surface area contributed by atoms with E-state index in [9.17, 15) is 14.3 Å². The maximum Gasteiger partial charge on any atom is 0.260 e. The molecule has 0 aliphatic carbocycles. The lowest BCUT2D eigenvalue weighted by molar-refractivity contribution is -0.133. The van der Waals surface area contributed by atoms with Gasteiger partial charge >= 0.3 is 0 Å². The van der Waals surface area contributed by atoms with Gasteiger partial charge in [0.25, 0.3) is 5.91 Å². The summed E-state index contributed by atoms with van der Waals surface area (Å²) < 4.78 is 29.7. The molecule has 2 aromatic rings. The van der Waals surface area contributed by atoms with E-state index in [0.717, 1.165) is 0 Å². The molecule has 3 rings (SSSR count). The number of hydrogen-bond donors (Lipinski definition) is 1. The second kappa shape index (κ2) is 9.41. The van der Waals surface area contributed by atoms with E-state index in [1.165, 1.54) is 18.2 Å². The van der Waals surface area contributed by atoms with E-state index in [0.29, 0.717) is 43.2 Å². The number of rotatable bonds is 6. The minimum Gasteiger partial charge on any atom is -0.497 e. The lowest BCUT2D eigenvalue weighted by Gasteiger charge is -2.22. The van der Waals surface area contributed by atoms with Crippen molar-refractivity contribution >= 4 is 5.91 Å². The van der Waals surface area contributed by atoms with Crippen molar-refractivity contribution in [3.63, 3.8) is 0 Å². The van der Waals surface area contributed by atoms with Crippen molar-refractivity contribution < 1.29 is 28.5 Å². The van der Waals surface area contributed by atoms with Crippen molar-refractivity contribution in [2.45, 2.75) is 25.0 Å². The predicted octanol–water partition coefficient (Wildman–Crippen LogP) is 2.64. The van der Waals surface area contributed by atoms with Crippen molar-refractivity contribution in [2.75, 3.05) is 26.8 Å². The molecule has 1 aliphatic rings. The molecule has 7 heteroatoms. The standard InChI is InChI=1S/C21H24FNO5/c1-26-16-5-3-7-18(13-16)28-20-9-11-23(10-8-19(20)24)21(25)14-27-17-6-2-4-15(22)12-17/h2-7,12-13,19-20,24H,8-11,14H2,1H3/t19-,20-/m0/s1. The third kappa shape index (κ3) is 5.36. The van der Waals surface area contributed by atoms with Gasteiger partial charge in [-0.2, -0.15) is 0 Å². The summed E-state index contributed by atoms with van der Waals surface area (Å²) in [7, 11) is 1.58. The van der Waals surface area contributed by atoms with Gasteiger partial charge in [-0.15, -0.1) is 0 Å². The number of ether oxygens (including phenoxy) is 3. The topological polar surface area (TPSA) is 68.2 Å². The molecular formula is C21H24FNO5. The van der Waals surface area contributed by atoms with Gasteiger partial charge in [0.05, 0.1) is 13.2 Å². The van der Waals surface area contributed by atoms with Gasteiger partial charge in [0.1, 0.15) is 29.2 Å². The largest absolute Gasteiger partial charge is 0.497 e. The van der Waals surface area contributed by atoms with Crippen LogP contribution in [0.3, 0.4) is 0 Å². The van der Waals surface area contributed by atoms with Crippen LogP contribution in [0.4, 0.5) is 4.39 Å². The van der Waals surface area contributed by atoms with Crippen LogP contribution in [0.5, 0.6) is 17.2 Å². The van der Waals surface area contributed by atoms with Crippen LogP contribution in [-0.2, 0) is 4.79 Å². The molecule has 1 amide bonds. The van der Waals surface area contributed by atoms with Crippen LogP contribution >= 0.6 is 0 Å². The van der Waals surface area contributed by atoms with Crippen molar-refractivity contribution in [1.82, 2.24) is 4.90 Å². The second-order valence-corrected chi connectivity index (χ2v) is 6.61. The molecule has 1 N–H and O–H groups in total. The van der Waals surface area contributed by atoms with Crippen molar-refractivity contribution in [2.24, 2.45) is 0 Å². The Kier molecular flexibility index (Phi) is 6.71. The Labute approximate surface area is 163 Å². The molecule has 2 aromatic carbocycles. The lowest BCUT2D eigenvalue weighted by atomic mass is 10.1. The summed E-state index contributed by atoms with van der Waals surface area (Å²) in [5, 5.41) is 10.4. The summed E-state index contributed by atoms with van der Waals surface area (Å²) in [6.45, 7) is 0.669. The van der Waals surface area contributed by atoms with Crippen LogP contribution in [0.1, 0.15) is 12.8 Å². The number of benzene rings is 2. The van der Waals surface area contributed by atoms with E-state index in [1.807, 2.05) is 12.1 Å². The Bertz CT molecular complexity index is 800. The van der Waals surface area contributed by atoms with E-state index in [2.05, 4.69) is 0 Å². The third-order valence-corrected chi connectivity index (χ3v) is 4.65. The second-order valence-electron chi connectivity index (χ2n) is 6.61. The monoisotopic (exact) mass is 389 g/mol. The predicted molar refractivity (Wildman–Crippen MR) is 101 cm³/mol. The van der Waals surface area contributed by atoms with Gasteiger partial charge in [-0.3, -0.25) is 4.79 Å². The van der Waals surface area contributed by atoms with Crippen LogP contribution in [0.25, 0.3) is 0 Å². The zero-order valence-corrected chi connectivity index (χ0v) is 15.7. The van der Waals surface area contributed by atoms with Gasteiger partial charge in [-0.25, -0.2) is 4.39 Å². The summed E-state index contributed by atoms with van der Waals surface area (Å²) >= 11 is 0. The van der Waals surface area contributed by atoms with Crippen LogP contribution in [0.2, 0.25) is 0 Å². The fourth-order valence-corrected chi connectivity index (χ4v) is 3.09. The molecule has 0 saturated carbocycles. The van der Waals surface area contributed by atoms with Crippen LogP contribution in [-0.4, -0.2) is 54.9 Å². The highest BCUT2D eigenvalue weighted by Gasteiger charge is 2.28. The maximum atomic E-state index is 13.2. The summed E-state index contributed by atoms with van der Waals surface area (Å²) in [5.74, 6) is 0.964. The molecule has 0 radical (unpaired) electrons. The number of methoxy groups -OCH3 is 1. The van der Waals surface area contributed by atoms with Crippen molar-refractivity contribution in [3.05, 3.63) is 54.3 Å². The average Bonchev–Trinajstić information content (AvgIpc) is 2.88. The Hall–Kier alpha value is -2.80. The Morgan fingerprint density at radius 3 is 2.61 bits per heavy atom. The van der Waals surface area contributed by atoms with Gasteiger partial charge in [0, 0.05) is 31.6 Å². The summed E-state index contributed by atoms with van der Waals surface area (Å²) in [5.41, 5.74) is 0. The first-order valence-electron chi connectivity index (χ1n) is 9.20. The Balaban J connectivity index is 1.54. The van der Waals surface area contributed by atoms with Gasteiger partial charge in [0.15, 0.2) is 6.61 Å². The molecule has 2 atom stereocenters. The highest BCUT2D eigenvalue weighted by atomic mass is 19.1. The highest BCUT2D eigenvalue weighted by molar-refractivity contribution is 5.77. The fraction of sp³-hybridized carbons (Fsp3) is 0.381. The quantitative estimate of drug-likeness (QED) is 0.823. The number of nitrogens with zero attached hydrogens (tertiary/aromatic N) is 1. The molecule has 0 unspecified atom stereocenters. The van der Waals surface area contributed by atoms with Crippen molar-refractivity contribution in [1.29, 1.82) is 0 Å². The lowest BCUT2D eigenvalue weighted by Crippen LogP contribution is -2.36. The smallest absolute Gasteiger partial charge is 0.260 e. The van der Waals surface area contributed by atoms with E-state index in [1.54, 1.807) is 30.2 Å². The molecule has 6 nitrogen and oxygen atoms in total. The molecule has 0 spiro atoms. The zero-order chi connectivity index (χ0) is 19.9. The molecule has 150 valence electrons. The van der Waals surface area contributed by atoms with Crippen LogP contribution in [0, 0.1) is 5.82 Å². The molecule has 0 aromatic heterocycles. The molecule has 0 bridgehead atoms. The average molecular weight is 389 g/mol. The van der Waals surface area contributed by atoms with E-state index < -0.39 is 18.0 Å². The molecule has 28 heavy (non-hydrogen) atoms. The van der Waals surface area contributed by atoms with Crippen LogP contribution in [0.15, 0.2) is 48.5 Å². The number of carbonyl (C=O) groups is 1. The molecule has 1 fully saturated rings. The first-order chi connectivity index (χ1) is 13.5. The van der Waals surface area contributed by atoms with Crippen LogP contribution < -0.4 is 14.2 Å². The van der Waals surface area contributed by atoms with E-state index in [-0.39, 0.29) is 12.5 Å². The molecular weight excluding hydrogens is 365 g/mol. The van der Waals surface area contributed by atoms with Gasteiger partial charge < -0.3 is 24.2 Å². The van der Waals surface area contributed by atoms with Gasteiger partial charge in [0.2, 0.25) is 0 Å².